The molecular weight excluding hydrogens is 192 g/mol. The van der Waals surface area contributed by atoms with Gasteiger partial charge in [-0.2, -0.15) is 0 Å². The average Bonchev–Trinajstić information content (AvgIpc) is 2.76. The van der Waals surface area contributed by atoms with Gasteiger partial charge in [0.2, 0.25) is 0 Å². The Kier molecular flexibility index (Phi) is 3.65. The normalized spacial score (nSPS) is 31.2. The molecule has 0 radical (unpaired) electrons. The average molecular weight is 214 g/mol. The predicted molar refractivity (Wildman–Crippen MR) is 57.7 cm³/mol. The molecule has 0 bridgehead atoms. The molecule has 2 fully saturated rings. The van der Waals surface area contributed by atoms with Crippen LogP contribution in [0, 0.1) is 5.92 Å². The lowest BCUT2D eigenvalue weighted by atomic mass is 10.1. The van der Waals surface area contributed by atoms with Gasteiger partial charge in [0, 0.05) is 6.61 Å². The Hall–Kier alpha value is -0.120. The third-order valence-corrected chi connectivity index (χ3v) is 3.20. The van der Waals surface area contributed by atoms with Gasteiger partial charge < -0.3 is 14.2 Å². The number of hydrogen-bond acceptors (Lipinski definition) is 3. The summed E-state index contributed by atoms with van der Waals surface area (Å²) in [6.07, 6.45) is 5.57. The first-order chi connectivity index (χ1) is 7.16. The van der Waals surface area contributed by atoms with Crippen molar-refractivity contribution in [3.05, 3.63) is 0 Å². The monoisotopic (exact) mass is 214 g/mol. The van der Waals surface area contributed by atoms with Crippen LogP contribution in [0.4, 0.5) is 0 Å². The maximum atomic E-state index is 5.69. The quantitative estimate of drug-likeness (QED) is 0.719. The van der Waals surface area contributed by atoms with Crippen LogP contribution in [0.25, 0.3) is 0 Å². The largest absolute Gasteiger partial charge is 0.378 e. The number of ether oxygens (including phenoxy) is 3. The van der Waals surface area contributed by atoms with Gasteiger partial charge in [0.1, 0.15) is 6.10 Å². The van der Waals surface area contributed by atoms with Crippen molar-refractivity contribution in [1.29, 1.82) is 0 Å². The Bertz CT molecular complexity index is 197. The maximum absolute atomic E-state index is 5.69. The van der Waals surface area contributed by atoms with Gasteiger partial charge >= 0.3 is 0 Å². The van der Waals surface area contributed by atoms with Crippen LogP contribution >= 0.6 is 0 Å². The van der Waals surface area contributed by atoms with E-state index in [1.165, 1.54) is 25.7 Å². The second-order valence-electron chi connectivity index (χ2n) is 5.14. The first-order valence-electron chi connectivity index (χ1n) is 6.05. The van der Waals surface area contributed by atoms with Crippen LogP contribution in [0.15, 0.2) is 0 Å². The minimum Gasteiger partial charge on any atom is -0.378 e. The van der Waals surface area contributed by atoms with E-state index in [4.69, 9.17) is 14.2 Å². The van der Waals surface area contributed by atoms with Crippen LogP contribution in [-0.4, -0.2) is 31.7 Å². The van der Waals surface area contributed by atoms with E-state index in [0.29, 0.717) is 13.2 Å². The molecule has 3 nitrogen and oxygen atoms in total. The minimum atomic E-state index is -0.415. The molecule has 0 spiro atoms. The van der Waals surface area contributed by atoms with Crippen molar-refractivity contribution in [2.45, 2.75) is 51.4 Å². The van der Waals surface area contributed by atoms with Crippen LogP contribution in [0.2, 0.25) is 0 Å². The van der Waals surface area contributed by atoms with Gasteiger partial charge in [0.05, 0.1) is 13.2 Å². The summed E-state index contributed by atoms with van der Waals surface area (Å²) in [5.41, 5.74) is 0. The Morgan fingerprint density at radius 2 is 1.93 bits per heavy atom. The Morgan fingerprint density at radius 1 is 1.20 bits per heavy atom. The molecule has 0 N–H and O–H groups in total. The van der Waals surface area contributed by atoms with Gasteiger partial charge in [0.15, 0.2) is 5.79 Å². The summed E-state index contributed by atoms with van der Waals surface area (Å²) < 4.78 is 16.8. The van der Waals surface area contributed by atoms with E-state index in [1.807, 2.05) is 13.8 Å². The van der Waals surface area contributed by atoms with E-state index in [0.717, 1.165) is 12.5 Å². The molecule has 3 heteroatoms. The lowest BCUT2D eigenvalue weighted by Crippen LogP contribution is -2.24. The van der Waals surface area contributed by atoms with Gasteiger partial charge in [-0.05, 0) is 32.6 Å². The van der Waals surface area contributed by atoms with Crippen molar-refractivity contribution in [3.8, 4) is 0 Å². The molecule has 1 saturated carbocycles. The van der Waals surface area contributed by atoms with E-state index in [1.54, 1.807) is 0 Å². The molecule has 1 saturated heterocycles. The van der Waals surface area contributed by atoms with Crippen LogP contribution in [0.5, 0.6) is 0 Å². The zero-order chi connectivity index (χ0) is 10.7. The third kappa shape index (κ3) is 3.44. The lowest BCUT2D eigenvalue weighted by Gasteiger charge is -2.17. The zero-order valence-corrected chi connectivity index (χ0v) is 9.83. The molecule has 1 aliphatic carbocycles. The maximum Gasteiger partial charge on any atom is 0.163 e. The summed E-state index contributed by atoms with van der Waals surface area (Å²) in [7, 11) is 0. The van der Waals surface area contributed by atoms with E-state index in [-0.39, 0.29) is 6.10 Å². The van der Waals surface area contributed by atoms with Crippen LogP contribution < -0.4 is 0 Å². The van der Waals surface area contributed by atoms with Crippen molar-refractivity contribution in [2.75, 3.05) is 19.8 Å². The van der Waals surface area contributed by atoms with Crippen LogP contribution in [0.1, 0.15) is 39.5 Å². The van der Waals surface area contributed by atoms with Crippen molar-refractivity contribution >= 4 is 0 Å². The summed E-state index contributed by atoms with van der Waals surface area (Å²) in [6, 6.07) is 0. The standard InChI is InChI=1S/C12H22O3/c1-12(2)14-9-11(15-12)8-13-7-10-5-3-4-6-10/h10-11H,3-9H2,1-2H3/t11-/m0/s1. The molecule has 2 rings (SSSR count). The first kappa shape index (κ1) is 11.4. The second kappa shape index (κ2) is 4.81. The minimum absolute atomic E-state index is 0.126. The fourth-order valence-corrected chi connectivity index (χ4v) is 2.39. The smallest absolute Gasteiger partial charge is 0.163 e. The number of rotatable bonds is 4. The second-order valence-corrected chi connectivity index (χ2v) is 5.14. The number of hydrogen-bond donors (Lipinski definition) is 0. The summed E-state index contributed by atoms with van der Waals surface area (Å²) >= 11 is 0. The molecular formula is C12H22O3. The molecule has 0 aromatic carbocycles. The van der Waals surface area contributed by atoms with Crippen LogP contribution in [0.3, 0.4) is 0 Å². The van der Waals surface area contributed by atoms with Gasteiger partial charge in [-0.1, -0.05) is 12.8 Å². The van der Waals surface area contributed by atoms with E-state index in [9.17, 15) is 0 Å². The molecule has 0 unspecified atom stereocenters. The molecule has 1 atom stereocenters. The lowest BCUT2D eigenvalue weighted by molar-refractivity contribution is -0.145. The Morgan fingerprint density at radius 3 is 2.53 bits per heavy atom. The van der Waals surface area contributed by atoms with Crippen molar-refractivity contribution < 1.29 is 14.2 Å². The highest BCUT2D eigenvalue weighted by atomic mass is 16.7. The molecule has 1 aliphatic heterocycles. The Balaban J connectivity index is 1.58. The van der Waals surface area contributed by atoms with Crippen LogP contribution in [-0.2, 0) is 14.2 Å². The fourth-order valence-electron chi connectivity index (χ4n) is 2.39. The highest BCUT2D eigenvalue weighted by Crippen LogP contribution is 2.26. The first-order valence-corrected chi connectivity index (χ1v) is 6.05. The zero-order valence-electron chi connectivity index (χ0n) is 9.83. The van der Waals surface area contributed by atoms with Gasteiger partial charge in [-0.25, -0.2) is 0 Å². The highest BCUT2D eigenvalue weighted by Gasteiger charge is 2.32. The molecule has 0 aromatic rings. The fraction of sp³-hybridized carbons (Fsp3) is 1.00. The van der Waals surface area contributed by atoms with Crippen molar-refractivity contribution in [1.82, 2.24) is 0 Å². The van der Waals surface area contributed by atoms with Gasteiger partial charge in [-0.3, -0.25) is 0 Å². The summed E-state index contributed by atoms with van der Waals surface area (Å²) in [6.45, 7) is 6.14. The van der Waals surface area contributed by atoms with E-state index < -0.39 is 5.79 Å². The molecule has 1 heterocycles. The van der Waals surface area contributed by atoms with E-state index >= 15 is 0 Å². The molecule has 2 aliphatic rings. The van der Waals surface area contributed by atoms with Gasteiger partial charge in [0.25, 0.3) is 0 Å². The SMILES string of the molecule is CC1(C)OC[C@H](COCC2CCCC2)O1. The summed E-state index contributed by atoms with van der Waals surface area (Å²) in [4.78, 5) is 0. The molecule has 88 valence electrons. The summed E-state index contributed by atoms with van der Waals surface area (Å²) in [5.74, 6) is 0.377. The highest BCUT2D eigenvalue weighted by molar-refractivity contribution is 4.71. The Labute approximate surface area is 92.1 Å². The molecule has 0 amide bonds. The van der Waals surface area contributed by atoms with Crippen molar-refractivity contribution in [3.63, 3.8) is 0 Å². The van der Waals surface area contributed by atoms with Crippen molar-refractivity contribution in [2.24, 2.45) is 5.92 Å². The summed E-state index contributed by atoms with van der Waals surface area (Å²) in [5, 5.41) is 0. The molecule has 0 aromatic heterocycles. The third-order valence-electron chi connectivity index (χ3n) is 3.20. The molecule has 15 heavy (non-hydrogen) atoms. The van der Waals surface area contributed by atoms with E-state index in [2.05, 4.69) is 0 Å². The predicted octanol–water partition coefficient (Wildman–Crippen LogP) is 2.34. The van der Waals surface area contributed by atoms with Gasteiger partial charge in [-0.15, -0.1) is 0 Å². The topological polar surface area (TPSA) is 27.7 Å².